The number of methoxy groups -OCH3 is 1. The third-order valence-corrected chi connectivity index (χ3v) is 4.76. The van der Waals surface area contributed by atoms with Crippen LogP contribution in [0.5, 0.6) is 5.75 Å². The van der Waals surface area contributed by atoms with Crippen LogP contribution in [-0.4, -0.2) is 22.8 Å². The fourth-order valence-electron chi connectivity index (χ4n) is 3.29. The average molecular weight is 356 g/mol. The van der Waals surface area contributed by atoms with Crippen molar-refractivity contribution in [2.45, 2.75) is 6.92 Å². The molecular formula is C22H20N4O. The van der Waals surface area contributed by atoms with Crippen molar-refractivity contribution < 1.29 is 4.74 Å². The highest BCUT2D eigenvalue weighted by molar-refractivity contribution is 6.13. The molecule has 1 aromatic heterocycles. The van der Waals surface area contributed by atoms with E-state index in [-0.39, 0.29) is 5.71 Å². The summed E-state index contributed by atoms with van der Waals surface area (Å²) in [5.41, 5.74) is 12.5. The molecule has 134 valence electrons. The molecule has 4 N–H and O–H groups in total. The van der Waals surface area contributed by atoms with Gasteiger partial charge in [-0.3, -0.25) is 5.41 Å². The van der Waals surface area contributed by atoms with E-state index >= 15 is 0 Å². The second-order valence-electron chi connectivity index (χ2n) is 6.41. The number of para-hydroxylation sites is 2. The van der Waals surface area contributed by atoms with Gasteiger partial charge in [-0.25, -0.2) is 4.98 Å². The number of fused-ring (bicyclic) bond motifs is 1. The van der Waals surface area contributed by atoms with Crippen LogP contribution in [0.15, 0.2) is 60.7 Å². The topological polar surface area (TPSA) is 87.8 Å². The predicted octanol–water partition coefficient (Wildman–Crippen LogP) is 4.55. The maximum absolute atomic E-state index is 8.64. The number of aromatic amines is 1. The number of H-pyrrole nitrogens is 1. The van der Waals surface area contributed by atoms with Crippen LogP contribution in [0.25, 0.3) is 22.2 Å². The molecule has 0 aliphatic heterocycles. The molecule has 0 saturated carbocycles. The predicted molar refractivity (Wildman–Crippen MR) is 110 cm³/mol. The molecule has 5 nitrogen and oxygen atoms in total. The Morgan fingerprint density at radius 1 is 1.07 bits per heavy atom. The third kappa shape index (κ3) is 2.93. The molecule has 1 heterocycles. The van der Waals surface area contributed by atoms with Crippen molar-refractivity contribution in [3.8, 4) is 16.9 Å². The first-order valence-electron chi connectivity index (χ1n) is 8.66. The fraction of sp³-hybridized carbons (Fsp3) is 0.0909. The number of imidazole rings is 1. The van der Waals surface area contributed by atoms with Gasteiger partial charge in [0.05, 0.1) is 18.1 Å². The van der Waals surface area contributed by atoms with Crippen molar-refractivity contribution in [1.29, 1.82) is 5.41 Å². The molecule has 4 rings (SSSR count). The second kappa shape index (κ2) is 6.61. The molecule has 0 fully saturated rings. The van der Waals surface area contributed by atoms with Crippen molar-refractivity contribution in [2.75, 3.05) is 12.8 Å². The summed E-state index contributed by atoms with van der Waals surface area (Å²) < 4.78 is 5.43. The van der Waals surface area contributed by atoms with Crippen molar-refractivity contribution in [1.82, 2.24) is 9.97 Å². The number of hydrogen-bond acceptors (Lipinski definition) is 4. The summed E-state index contributed by atoms with van der Waals surface area (Å²) in [4.78, 5) is 7.72. The Morgan fingerprint density at radius 2 is 1.89 bits per heavy atom. The van der Waals surface area contributed by atoms with E-state index in [1.807, 2.05) is 67.6 Å². The number of rotatable bonds is 4. The quantitative estimate of drug-likeness (QED) is 0.370. The molecular weight excluding hydrogens is 336 g/mol. The fourth-order valence-corrected chi connectivity index (χ4v) is 3.29. The summed E-state index contributed by atoms with van der Waals surface area (Å²) >= 11 is 0. The van der Waals surface area contributed by atoms with E-state index in [0.29, 0.717) is 17.1 Å². The number of hydrogen-bond donors (Lipinski definition) is 3. The molecule has 0 aliphatic rings. The van der Waals surface area contributed by atoms with Gasteiger partial charge < -0.3 is 15.5 Å². The number of ether oxygens (including phenoxy) is 1. The maximum atomic E-state index is 8.64. The second-order valence-corrected chi connectivity index (χ2v) is 6.41. The van der Waals surface area contributed by atoms with Gasteiger partial charge in [-0.1, -0.05) is 30.3 Å². The van der Waals surface area contributed by atoms with Crippen LogP contribution < -0.4 is 10.5 Å². The lowest BCUT2D eigenvalue weighted by molar-refractivity contribution is 0.412. The Morgan fingerprint density at radius 3 is 2.67 bits per heavy atom. The summed E-state index contributed by atoms with van der Waals surface area (Å²) in [7, 11) is 1.66. The lowest BCUT2D eigenvalue weighted by atomic mass is 9.96. The number of nitrogens with one attached hydrogen (secondary N) is 2. The highest BCUT2D eigenvalue weighted by Crippen LogP contribution is 2.32. The zero-order chi connectivity index (χ0) is 19.0. The Kier molecular flexibility index (Phi) is 4.12. The van der Waals surface area contributed by atoms with E-state index in [1.54, 1.807) is 7.11 Å². The normalized spacial score (nSPS) is 10.9. The van der Waals surface area contributed by atoms with Gasteiger partial charge in [0.2, 0.25) is 0 Å². The monoisotopic (exact) mass is 356 g/mol. The number of anilines is 1. The van der Waals surface area contributed by atoms with Gasteiger partial charge in [0.25, 0.3) is 0 Å². The SMILES string of the molecule is COc1cccc(-c2ccc(N)c(C(=N)c3nc4ccccc4[nH]3)c2)c1C. The molecule has 0 spiro atoms. The van der Waals surface area contributed by atoms with Crippen LogP contribution in [-0.2, 0) is 0 Å². The molecule has 3 aromatic carbocycles. The molecule has 0 saturated heterocycles. The Bertz CT molecular complexity index is 1130. The molecule has 27 heavy (non-hydrogen) atoms. The van der Waals surface area contributed by atoms with E-state index in [0.717, 1.165) is 33.5 Å². The molecule has 0 atom stereocenters. The van der Waals surface area contributed by atoms with Crippen LogP contribution in [0.2, 0.25) is 0 Å². The lowest BCUT2D eigenvalue weighted by Crippen LogP contribution is -2.07. The summed E-state index contributed by atoms with van der Waals surface area (Å²) in [5, 5.41) is 8.64. The largest absolute Gasteiger partial charge is 0.496 e. The van der Waals surface area contributed by atoms with Gasteiger partial charge in [0, 0.05) is 11.3 Å². The number of nitrogen functional groups attached to an aromatic ring is 1. The van der Waals surface area contributed by atoms with E-state index < -0.39 is 0 Å². The summed E-state index contributed by atoms with van der Waals surface area (Å²) in [5.74, 6) is 1.33. The smallest absolute Gasteiger partial charge is 0.157 e. The van der Waals surface area contributed by atoms with E-state index in [2.05, 4.69) is 9.97 Å². The van der Waals surface area contributed by atoms with E-state index in [1.165, 1.54) is 0 Å². The first-order chi connectivity index (χ1) is 13.1. The number of nitrogens with two attached hydrogens (primary N) is 1. The van der Waals surface area contributed by atoms with E-state index in [9.17, 15) is 0 Å². The van der Waals surface area contributed by atoms with Crippen LogP contribution in [0.4, 0.5) is 5.69 Å². The molecule has 0 amide bonds. The van der Waals surface area contributed by atoms with Gasteiger partial charge in [-0.05, 0) is 53.9 Å². The highest BCUT2D eigenvalue weighted by atomic mass is 16.5. The zero-order valence-electron chi connectivity index (χ0n) is 15.2. The van der Waals surface area contributed by atoms with Crippen molar-refractivity contribution in [2.24, 2.45) is 0 Å². The van der Waals surface area contributed by atoms with Gasteiger partial charge in [-0.15, -0.1) is 0 Å². The van der Waals surface area contributed by atoms with Crippen molar-refractivity contribution >= 4 is 22.4 Å². The zero-order valence-corrected chi connectivity index (χ0v) is 15.2. The lowest BCUT2D eigenvalue weighted by Gasteiger charge is -2.13. The Balaban J connectivity index is 1.80. The molecule has 0 bridgehead atoms. The summed E-state index contributed by atoms with van der Waals surface area (Å²) in [6, 6.07) is 19.4. The Labute approximate surface area is 157 Å². The first kappa shape index (κ1) is 16.8. The maximum Gasteiger partial charge on any atom is 0.157 e. The van der Waals surface area contributed by atoms with Crippen LogP contribution in [0, 0.1) is 12.3 Å². The highest BCUT2D eigenvalue weighted by Gasteiger charge is 2.15. The van der Waals surface area contributed by atoms with Crippen LogP contribution in [0.3, 0.4) is 0 Å². The average Bonchev–Trinajstić information content (AvgIpc) is 3.12. The minimum Gasteiger partial charge on any atom is -0.496 e. The van der Waals surface area contributed by atoms with Crippen molar-refractivity contribution in [3.05, 3.63) is 77.6 Å². The summed E-state index contributed by atoms with van der Waals surface area (Å²) in [6.45, 7) is 2.02. The molecule has 4 aromatic rings. The first-order valence-corrected chi connectivity index (χ1v) is 8.66. The minimum atomic E-state index is 0.270. The van der Waals surface area contributed by atoms with Crippen LogP contribution >= 0.6 is 0 Å². The Hall–Kier alpha value is -3.60. The number of benzene rings is 3. The molecule has 0 aliphatic carbocycles. The third-order valence-electron chi connectivity index (χ3n) is 4.76. The number of aromatic nitrogens is 2. The van der Waals surface area contributed by atoms with Crippen LogP contribution in [0.1, 0.15) is 17.0 Å². The van der Waals surface area contributed by atoms with Gasteiger partial charge in [-0.2, -0.15) is 0 Å². The van der Waals surface area contributed by atoms with Crippen molar-refractivity contribution in [3.63, 3.8) is 0 Å². The summed E-state index contributed by atoms with van der Waals surface area (Å²) in [6.07, 6.45) is 0. The number of nitrogens with zero attached hydrogens (tertiary/aromatic N) is 1. The van der Waals surface area contributed by atoms with Gasteiger partial charge >= 0.3 is 0 Å². The van der Waals surface area contributed by atoms with Gasteiger partial charge in [0.15, 0.2) is 5.82 Å². The molecule has 0 radical (unpaired) electrons. The van der Waals surface area contributed by atoms with Gasteiger partial charge in [0.1, 0.15) is 11.5 Å². The molecule has 5 heteroatoms. The molecule has 0 unspecified atom stereocenters. The standard InChI is InChI=1S/C22H20N4O/c1-13-15(6-5-9-20(13)27-2)14-10-11-17(23)16(12-14)21(24)22-25-18-7-3-4-8-19(18)26-22/h3-12,24H,23H2,1-2H3,(H,25,26). The van der Waals surface area contributed by atoms with E-state index in [4.69, 9.17) is 15.9 Å². The minimum absolute atomic E-state index is 0.270.